The van der Waals surface area contributed by atoms with Crippen LogP contribution in [0.1, 0.15) is 58.3 Å². The number of nitrogens with zero attached hydrogens (tertiary/aromatic N) is 3. The lowest BCUT2D eigenvalue weighted by atomic mass is 9.89. The molecule has 1 saturated carbocycles. The molecule has 2 amide bonds. The average molecular weight is 379 g/mol. The molecule has 6 heteroatoms. The molecule has 1 unspecified atom stereocenters. The zero-order valence-corrected chi connectivity index (χ0v) is 17.1. The first-order chi connectivity index (χ1) is 13.1. The maximum Gasteiger partial charge on any atom is 0.237 e. The Morgan fingerprint density at radius 2 is 1.52 bits per heavy atom. The number of likely N-dealkylation sites (tertiary alicyclic amines) is 1. The fraction of sp³-hybridized carbons (Fsp3) is 0.905. The fourth-order valence-electron chi connectivity index (χ4n) is 4.69. The lowest BCUT2D eigenvalue weighted by Crippen LogP contribution is -2.55. The highest BCUT2D eigenvalue weighted by atomic mass is 16.2. The minimum Gasteiger partial charge on any atom is -0.354 e. The summed E-state index contributed by atoms with van der Waals surface area (Å²) in [6, 6.07) is -0.0754. The molecular formula is C21H38N4O2. The Kier molecular flexibility index (Phi) is 7.94. The van der Waals surface area contributed by atoms with Gasteiger partial charge in [0.15, 0.2) is 0 Å². The van der Waals surface area contributed by atoms with Gasteiger partial charge < -0.3 is 10.2 Å². The van der Waals surface area contributed by atoms with Gasteiger partial charge >= 0.3 is 0 Å². The Labute approximate surface area is 164 Å². The fourth-order valence-corrected chi connectivity index (χ4v) is 4.69. The van der Waals surface area contributed by atoms with Crippen LogP contribution < -0.4 is 5.32 Å². The second-order valence-corrected chi connectivity index (χ2v) is 8.68. The topological polar surface area (TPSA) is 55.9 Å². The van der Waals surface area contributed by atoms with E-state index in [1.54, 1.807) is 0 Å². The van der Waals surface area contributed by atoms with Crippen LogP contribution in [0.2, 0.25) is 0 Å². The van der Waals surface area contributed by atoms with Gasteiger partial charge in [0.05, 0.1) is 12.6 Å². The van der Waals surface area contributed by atoms with Crippen LogP contribution in [0, 0.1) is 5.92 Å². The van der Waals surface area contributed by atoms with Gasteiger partial charge in [0.25, 0.3) is 0 Å². The molecule has 0 aromatic carbocycles. The minimum atomic E-state index is -0.0754. The number of hydrogen-bond acceptors (Lipinski definition) is 4. The Hall–Kier alpha value is -1.14. The maximum atomic E-state index is 12.5. The molecule has 2 heterocycles. The standard InChI is InChI=1S/C21H38N4O2/c1-18(21(27)22-16-19-8-4-2-5-9-19)24-14-12-23(13-15-24)17-20(26)25-10-6-3-7-11-25/h18-19H,2-17H2,1H3,(H,22,27). The summed E-state index contributed by atoms with van der Waals surface area (Å²) >= 11 is 0. The van der Waals surface area contributed by atoms with Gasteiger partial charge in [-0.25, -0.2) is 0 Å². The molecule has 27 heavy (non-hydrogen) atoms. The van der Waals surface area contributed by atoms with Crippen LogP contribution in [0.4, 0.5) is 0 Å². The SMILES string of the molecule is CC(C(=O)NCC1CCCCC1)N1CCN(CC(=O)N2CCCCC2)CC1. The van der Waals surface area contributed by atoms with E-state index >= 15 is 0 Å². The molecule has 0 bridgehead atoms. The van der Waals surface area contributed by atoms with Crippen LogP contribution in [0.3, 0.4) is 0 Å². The first-order valence-corrected chi connectivity index (χ1v) is 11.2. The van der Waals surface area contributed by atoms with E-state index in [9.17, 15) is 9.59 Å². The van der Waals surface area contributed by atoms with E-state index in [-0.39, 0.29) is 17.9 Å². The van der Waals surface area contributed by atoms with E-state index < -0.39 is 0 Å². The largest absolute Gasteiger partial charge is 0.354 e. The zero-order valence-electron chi connectivity index (χ0n) is 17.1. The van der Waals surface area contributed by atoms with E-state index in [0.717, 1.165) is 58.7 Å². The average Bonchev–Trinajstić information content (AvgIpc) is 2.73. The van der Waals surface area contributed by atoms with E-state index in [4.69, 9.17) is 0 Å². The minimum absolute atomic E-state index is 0.0754. The van der Waals surface area contributed by atoms with Gasteiger partial charge in [-0.2, -0.15) is 0 Å². The summed E-state index contributed by atoms with van der Waals surface area (Å²) in [5, 5.41) is 3.18. The number of piperazine rings is 1. The molecule has 0 spiro atoms. The van der Waals surface area contributed by atoms with Crippen LogP contribution in [0.5, 0.6) is 0 Å². The van der Waals surface area contributed by atoms with Gasteiger partial charge in [-0.05, 0) is 44.9 Å². The van der Waals surface area contributed by atoms with Crippen LogP contribution in [0.25, 0.3) is 0 Å². The molecule has 6 nitrogen and oxygen atoms in total. The summed E-state index contributed by atoms with van der Waals surface area (Å²) in [4.78, 5) is 31.5. The van der Waals surface area contributed by atoms with E-state index in [0.29, 0.717) is 12.5 Å². The number of nitrogens with one attached hydrogen (secondary N) is 1. The molecule has 1 atom stereocenters. The molecule has 2 saturated heterocycles. The summed E-state index contributed by atoms with van der Waals surface area (Å²) in [6.07, 6.45) is 10.0. The first-order valence-electron chi connectivity index (χ1n) is 11.2. The van der Waals surface area contributed by atoms with E-state index in [1.165, 1.54) is 38.5 Å². The van der Waals surface area contributed by atoms with Crippen molar-refractivity contribution >= 4 is 11.8 Å². The van der Waals surface area contributed by atoms with E-state index in [1.807, 2.05) is 11.8 Å². The molecule has 3 aliphatic rings. The molecule has 0 aromatic heterocycles. The zero-order chi connectivity index (χ0) is 19.1. The van der Waals surface area contributed by atoms with Crippen molar-refractivity contribution in [2.24, 2.45) is 5.92 Å². The quantitative estimate of drug-likeness (QED) is 0.764. The Morgan fingerprint density at radius 3 is 2.19 bits per heavy atom. The monoisotopic (exact) mass is 378 g/mol. The molecule has 3 fully saturated rings. The molecule has 0 radical (unpaired) electrons. The van der Waals surface area contributed by atoms with Gasteiger partial charge in [-0.1, -0.05) is 19.3 Å². The van der Waals surface area contributed by atoms with Gasteiger partial charge in [0, 0.05) is 45.8 Å². The number of carbonyl (C=O) groups is 2. The number of amides is 2. The van der Waals surface area contributed by atoms with Gasteiger partial charge in [0.1, 0.15) is 0 Å². The van der Waals surface area contributed by atoms with Crippen molar-refractivity contribution in [2.45, 2.75) is 64.3 Å². The predicted octanol–water partition coefficient (Wildman–Crippen LogP) is 1.70. The van der Waals surface area contributed by atoms with Crippen LogP contribution in [-0.2, 0) is 9.59 Å². The smallest absolute Gasteiger partial charge is 0.237 e. The van der Waals surface area contributed by atoms with Crippen molar-refractivity contribution in [2.75, 3.05) is 52.4 Å². The van der Waals surface area contributed by atoms with Crippen LogP contribution in [-0.4, -0.2) is 84.9 Å². The lowest BCUT2D eigenvalue weighted by molar-refractivity contribution is -0.134. The van der Waals surface area contributed by atoms with Crippen LogP contribution >= 0.6 is 0 Å². The van der Waals surface area contributed by atoms with Crippen molar-refractivity contribution in [3.63, 3.8) is 0 Å². The Morgan fingerprint density at radius 1 is 0.889 bits per heavy atom. The molecule has 1 N–H and O–H groups in total. The summed E-state index contributed by atoms with van der Waals surface area (Å²) in [5.74, 6) is 1.12. The number of rotatable bonds is 6. The van der Waals surface area contributed by atoms with Crippen molar-refractivity contribution in [3.8, 4) is 0 Å². The van der Waals surface area contributed by atoms with Crippen molar-refractivity contribution < 1.29 is 9.59 Å². The molecule has 3 rings (SSSR count). The molecular weight excluding hydrogens is 340 g/mol. The highest BCUT2D eigenvalue weighted by Crippen LogP contribution is 2.22. The normalized spacial score (nSPS) is 24.6. The second kappa shape index (κ2) is 10.4. The third-order valence-corrected chi connectivity index (χ3v) is 6.69. The second-order valence-electron chi connectivity index (χ2n) is 8.68. The van der Waals surface area contributed by atoms with Crippen LogP contribution in [0.15, 0.2) is 0 Å². The van der Waals surface area contributed by atoms with Gasteiger partial charge in [0.2, 0.25) is 11.8 Å². The van der Waals surface area contributed by atoms with E-state index in [2.05, 4.69) is 15.1 Å². The first kappa shape index (κ1) is 20.6. The highest BCUT2D eigenvalue weighted by Gasteiger charge is 2.28. The van der Waals surface area contributed by atoms with Gasteiger partial charge in [-0.15, -0.1) is 0 Å². The van der Waals surface area contributed by atoms with Crippen molar-refractivity contribution in [3.05, 3.63) is 0 Å². The summed E-state index contributed by atoms with van der Waals surface area (Å²) in [6.45, 7) is 8.73. The molecule has 1 aliphatic carbocycles. The Bertz CT molecular complexity index is 479. The predicted molar refractivity (Wildman–Crippen MR) is 107 cm³/mol. The maximum absolute atomic E-state index is 12.5. The summed E-state index contributed by atoms with van der Waals surface area (Å²) in [7, 11) is 0. The molecule has 154 valence electrons. The summed E-state index contributed by atoms with van der Waals surface area (Å²) < 4.78 is 0. The number of hydrogen-bond donors (Lipinski definition) is 1. The van der Waals surface area contributed by atoms with Gasteiger partial charge in [-0.3, -0.25) is 19.4 Å². The molecule has 0 aromatic rings. The Balaban J connectivity index is 1.34. The molecule has 2 aliphatic heterocycles. The van der Waals surface area contributed by atoms with Crippen molar-refractivity contribution in [1.29, 1.82) is 0 Å². The summed E-state index contributed by atoms with van der Waals surface area (Å²) in [5.41, 5.74) is 0. The number of carbonyl (C=O) groups excluding carboxylic acids is 2. The third kappa shape index (κ3) is 6.18. The number of piperidine rings is 1. The highest BCUT2D eigenvalue weighted by molar-refractivity contribution is 5.81. The lowest BCUT2D eigenvalue weighted by Gasteiger charge is -2.38. The van der Waals surface area contributed by atoms with Crippen molar-refractivity contribution in [1.82, 2.24) is 20.0 Å². The third-order valence-electron chi connectivity index (χ3n) is 6.69.